The molecule has 0 N–H and O–H groups in total. The smallest absolute Gasteiger partial charge is 0.180 e. The molecule has 0 aliphatic carbocycles. The van der Waals surface area contributed by atoms with Crippen molar-refractivity contribution in [2.24, 2.45) is 0 Å². The van der Waals surface area contributed by atoms with Crippen molar-refractivity contribution in [2.45, 2.75) is 19.8 Å². The fraction of sp³-hybridized carbons (Fsp3) is 0.375. The topological polar surface area (TPSA) is 43.1 Å². The van der Waals surface area contributed by atoms with Gasteiger partial charge < -0.3 is 0 Å². The molecular weight excluding hydrogens is 188 g/mol. The summed E-state index contributed by atoms with van der Waals surface area (Å²) in [5, 5.41) is 8.56. The summed E-state index contributed by atoms with van der Waals surface area (Å²) in [4.78, 5) is 3.93. The number of aromatic nitrogens is 4. The van der Waals surface area contributed by atoms with Gasteiger partial charge >= 0.3 is 0 Å². The first-order chi connectivity index (χ1) is 6.33. The van der Waals surface area contributed by atoms with Crippen LogP contribution in [-0.2, 0) is 6.42 Å². The van der Waals surface area contributed by atoms with Crippen LogP contribution in [0.2, 0.25) is 5.15 Å². The number of nitrogens with zero attached hydrogens (tertiary/aromatic N) is 4. The second kappa shape index (κ2) is 3.30. The first-order valence-corrected chi connectivity index (χ1v) is 4.54. The van der Waals surface area contributed by atoms with E-state index in [1.54, 1.807) is 12.4 Å². The average molecular weight is 197 g/mol. The number of fused-ring (bicyclic) bond motifs is 1. The van der Waals surface area contributed by atoms with Crippen molar-refractivity contribution in [3.05, 3.63) is 23.4 Å². The summed E-state index contributed by atoms with van der Waals surface area (Å²) < 4.78 is 1.82. The van der Waals surface area contributed by atoms with Crippen LogP contribution in [0.3, 0.4) is 0 Å². The van der Waals surface area contributed by atoms with Crippen molar-refractivity contribution >= 4 is 17.2 Å². The molecule has 0 amide bonds. The molecule has 2 aromatic heterocycles. The Kier molecular flexibility index (Phi) is 2.14. The van der Waals surface area contributed by atoms with Crippen LogP contribution in [0.25, 0.3) is 5.65 Å². The van der Waals surface area contributed by atoms with Gasteiger partial charge in [-0.25, -0.2) is 0 Å². The molecule has 2 aromatic rings. The van der Waals surface area contributed by atoms with E-state index >= 15 is 0 Å². The third-order valence-electron chi connectivity index (χ3n) is 1.81. The summed E-state index contributed by atoms with van der Waals surface area (Å²) in [6.45, 7) is 2.09. The largest absolute Gasteiger partial charge is 0.266 e. The zero-order valence-corrected chi connectivity index (χ0v) is 7.99. The van der Waals surface area contributed by atoms with Crippen LogP contribution < -0.4 is 0 Å². The van der Waals surface area contributed by atoms with Crippen molar-refractivity contribution in [1.82, 2.24) is 19.6 Å². The Hall–Kier alpha value is -1.16. The molecule has 0 fully saturated rings. The normalized spacial score (nSPS) is 10.9. The number of rotatable bonds is 2. The van der Waals surface area contributed by atoms with Gasteiger partial charge in [-0.15, -0.1) is 10.2 Å². The van der Waals surface area contributed by atoms with Crippen molar-refractivity contribution in [3.63, 3.8) is 0 Å². The van der Waals surface area contributed by atoms with E-state index in [4.69, 9.17) is 11.6 Å². The minimum absolute atomic E-state index is 0.561. The monoisotopic (exact) mass is 196 g/mol. The van der Waals surface area contributed by atoms with Crippen LogP contribution >= 0.6 is 11.6 Å². The third kappa shape index (κ3) is 1.37. The lowest BCUT2D eigenvalue weighted by molar-refractivity contribution is 0.817. The van der Waals surface area contributed by atoms with E-state index < -0.39 is 0 Å². The first kappa shape index (κ1) is 8.44. The first-order valence-electron chi connectivity index (χ1n) is 4.16. The Morgan fingerprint density at radius 3 is 3.00 bits per heavy atom. The van der Waals surface area contributed by atoms with Crippen LogP contribution in [0, 0.1) is 0 Å². The predicted molar refractivity (Wildman–Crippen MR) is 49.8 cm³/mol. The molecule has 0 radical (unpaired) electrons. The van der Waals surface area contributed by atoms with Gasteiger partial charge in [0.25, 0.3) is 0 Å². The zero-order chi connectivity index (χ0) is 9.26. The molecule has 2 rings (SSSR count). The molecule has 4 nitrogen and oxygen atoms in total. The highest BCUT2D eigenvalue weighted by Crippen LogP contribution is 2.12. The minimum atomic E-state index is 0.561. The molecule has 0 bridgehead atoms. The second-order valence-corrected chi connectivity index (χ2v) is 3.18. The standard InChI is InChI=1S/C8H9ClN4/c1-2-3-7-11-12-8-5-10-4-6(9)13(7)8/h4-5H,2-3H2,1H3. The molecule has 0 aromatic carbocycles. The summed E-state index contributed by atoms with van der Waals surface area (Å²) in [7, 11) is 0. The van der Waals surface area contributed by atoms with Crippen LogP contribution in [-0.4, -0.2) is 19.6 Å². The molecule has 0 aliphatic rings. The van der Waals surface area contributed by atoms with Gasteiger partial charge in [0.2, 0.25) is 0 Å². The summed E-state index contributed by atoms with van der Waals surface area (Å²) in [6, 6.07) is 0. The summed E-state index contributed by atoms with van der Waals surface area (Å²) >= 11 is 5.96. The van der Waals surface area contributed by atoms with E-state index in [0.29, 0.717) is 10.8 Å². The fourth-order valence-corrected chi connectivity index (χ4v) is 1.50. The second-order valence-electron chi connectivity index (χ2n) is 2.79. The highest BCUT2D eigenvalue weighted by molar-refractivity contribution is 6.29. The maximum atomic E-state index is 5.96. The molecular formula is C8H9ClN4. The molecule has 0 aliphatic heterocycles. The highest BCUT2D eigenvalue weighted by atomic mass is 35.5. The lowest BCUT2D eigenvalue weighted by atomic mass is 10.3. The molecule has 2 heterocycles. The Morgan fingerprint density at radius 1 is 1.38 bits per heavy atom. The number of halogens is 1. The SMILES string of the molecule is CCCc1nnc2cncc(Cl)n12. The Morgan fingerprint density at radius 2 is 2.23 bits per heavy atom. The van der Waals surface area contributed by atoms with Gasteiger partial charge in [-0.1, -0.05) is 18.5 Å². The molecule has 5 heteroatoms. The molecule has 68 valence electrons. The lowest BCUT2D eigenvalue weighted by Crippen LogP contribution is -1.95. The maximum Gasteiger partial charge on any atom is 0.180 e. The van der Waals surface area contributed by atoms with Crippen LogP contribution in [0.15, 0.2) is 12.4 Å². The van der Waals surface area contributed by atoms with E-state index in [2.05, 4.69) is 22.1 Å². The number of aryl methyl sites for hydroxylation is 1. The Bertz CT molecular complexity index is 423. The van der Waals surface area contributed by atoms with Gasteiger partial charge in [-0.2, -0.15) is 0 Å². The lowest BCUT2D eigenvalue weighted by Gasteiger charge is -1.98. The zero-order valence-electron chi connectivity index (χ0n) is 7.24. The predicted octanol–water partition coefficient (Wildman–Crippen LogP) is 1.73. The highest BCUT2D eigenvalue weighted by Gasteiger charge is 2.06. The van der Waals surface area contributed by atoms with Crippen LogP contribution in [0.5, 0.6) is 0 Å². The Balaban J connectivity index is 2.64. The minimum Gasteiger partial charge on any atom is -0.266 e. The van der Waals surface area contributed by atoms with Gasteiger partial charge in [0.15, 0.2) is 5.65 Å². The third-order valence-corrected chi connectivity index (χ3v) is 2.08. The summed E-state index contributed by atoms with van der Waals surface area (Å²) in [5.74, 6) is 0.893. The van der Waals surface area contributed by atoms with Crippen molar-refractivity contribution in [1.29, 1.82) is 0 Å². The van der Waals surface area contributed by atoms with Crippen molar-refractivity contribution in [2.75, 3.05) is 0 Å². The van der Waals surface area contributed by atoms with E-state index in [0.717, 1.165) is 18.7 Å². The molecule has 13 heavy (non-hydrogen) atoms. The maximum absolute atomic E-state index is 5.96. The quantitative estimate of drug-likeness (QED) is 0.735. The van der Waals surface area contributed by atoms with Crippen LogP contribution in [0.1, 0.15) is 19.2 Å². The van der Waals surface area contributed by atoms with Gasteiger partial charge in [0.05, 0.1) is 12.4 Å². The van der Waals surface area contributed by atoms with Crippen molar-refractivity contribution < 1.29 is 0 Å². The molecule has 0 atom stereocenters. The van der Waals surface area contributed by atoms with Gasteiger partial charge in [0.1, 0.15) is 11.0 Å². The van der Waals surface area contributed by atoms with Crippen LogP contribution in [0.4, 0.5) is 0 Å². The Labute approximate surface area is 80.6 Å². The number of hydrogen-bond acceptors (Lipinski definition) is 3. The van der Waals surface area contributed by atoms with Gasteiger partial charge in [-0.05, 0) is 6.42 Å². The molecule has 0 spiro atoms. The van der Waals surface area contributed by atoms with E-state index in [1.807, 2.05) is 4.40 Å². The van der Waals surface area contributed by atoms with E-state index in [-0.39, 0.29) is 0 Å². The van der Waals surface area contributed by atoms with E-state index in [1.165, 1.54) is 0 Å². The molecule has 0 unspecified atom stereocenters. The van der Waals surface area contributed by atoms with Crippen molar-refractivity contribution in [3.8, 4) is 0 Å². The molecule has 0 saturated carbocycles. The fourth-order valence-electron chi connectivity index (χ4n) is 1.26. The van der Waals surface area contributed by atoms with Gasteiger partial charge in [0, 0.05) is 6.42 Å². The van der Waals surface area contributed by atoms with E-state index in [9.17, 15) is 0 Å². The summed E-state index contributed by atoms with van der Waals surface area (Å²) in [6.07, 6.45) is 5.15. The van der Waals surface area contributed by atoms with Gasteiger partial charge in [-0.3, -0.25) is 9.38 Å². The summed E-state index contributed by atoms with van der Waals surface area (Å²) in [5.41, 5.74) is 0.705. The average Bonchev–Trinajstić information content (AvgIpc) is 2.51. The number of hydrogen-bond donors (Lipinski definition) is 0. The molecule has 0 saturated heterocycles.